The summed E-state index contributed by atoms with van der Waals surface area (Å²) in [6.07, 6.45) is 5.60. The monoisotopic (exact) mass is 367 g/mol. The SMILES string of the molecule is CC(C)OC(=O)N1CCC(CCCOc2ccc(S(C)=O)cc2)CC1. The average molecular weight is 368 g/mol. The van der Waals surface area contributed by atoms with Crippen LogP contribution in [0, 0.1) is 5.92 Å². The zero-order valence-electron chi connectivity index (χ0n) is 15.4. The van der Waals surface area contributed by atoms with Crippen molar-refractivity contribution in [3.05, 3.63) is 24.3 Å². The summed E-state index contributed by atoms with van der Waals surface area (Å²) in [5, 5.41) is 0. The van der Waals surface area contributed by atoms with Crippen molar-refractivity contribution in [3.63, 3.8) is 0 Å². The molecule has 0 spiro atoms. The molecular formula is C19H29NO4S. The van der Waals surface area contributed by atoms with Crippen molar-refractivity contribution in [2.75, 3.05) is 26.0 Å². The first-order valence-corrected chi connectivity index (χ1v) is 10.5. The zero-order chi connectivity index (χ0) is 18.2. The van der Waals surface area contributed by atoms with Crippen LogP contribution in [0.25, 0.3) is 0 Å². The second-order valence-corrected chi connectivity index (χ2v) is 8.16. The smallest absolute Gasteiger partial charge is 0.410 e. The maximum atomic E-state index is 11.9. The van der Waals surface area contributed by atoms with E-state index in [0.717, 1.165) is 49.4 Å². The summed E-state index contributed by atoms with van der Waals surface area (Å²) in [5.74, 6) is 1.47. The van der Waals surface area contributed by atoms with E-state index in [9.17, 15) is 9.00 Å². The van der Waals surface area contributed by atoms with Gasteiger partial charge >= 0.3 is 6.09 Å². The molecule has 1 atom stereocenters. The third-order valence-corrected chi connectivity index (χ3v) is 5.33. The minimum absolute atomic E-state index is 0.0613. The molecule has 5 nitrogen and oxygen atoms in total. The van der Waals surface area contributed by atoms with Crippen molar-refractivity contribution >= 4 is 16.9 Å². The molecule has 1 aliphatic heterocycles. The second kappa shape index (κ2) is 9.80. The van der Waals surface area contributed by atoms with Gasteiger partial charge in [0.25, 0.3) is 0 Å². The van der Waals surface area contributed by atoms with Gasteiger partial charge in [-0.3, -0.25) is 4.21 Å². The molecule has 0 radical (unpaired) electrons. The highest BCUT2D eigenvalue weighted by Gasteiger charge is 2.23. The summed E-state index contributed by atoms with van der Waals surface area (Å²) in [6, 6.07) is 7.43. The van der Waals surface area contributed by atoms with Gasteiger partial charge in [-0.2, -0.15) is 0 Å². The van der Waals surface area contributed by atoms with Crippen molar-refractivity contribution in [2.45, 2.75) is 50.5 Å². The molecular weight excluding hydrogens is 338 g/mol. The van der Waals surface area contributed by atoms with Gasteiger partial charge in [-0.1, -0.05) is 0 Å². The van der Waals surface area contributed by atoms with Gasteiger partial charge in [-0.05, 0) is 69.7 Å². The lowest BCUT2D eigenvalue weighted by molar-refractivity contribution is 0.0643. The van der Waals surface area contributed by atoms with Crippen LogP contribution >= 0.6 is 0 Å². The van der Waals surface area contributed by atoms with Gasteiger partial charge in [0.05, 0.1) is 12.7 Å². The van der Waals surface area contributed by atoms with Crippen LogP contribution in [-0.2, 0) is 15.5 Å². The number of likely N-dealkylation sites (tertiary alicyclic amines) is 1. The number of ether oxygens (including phenoxy) is 2. The van der Waals surface area contributed by atoms with Gasteiger partial charge in [0.2, 0.25) is 0 Å². The van der Waals surface area contributed by atoms with E-state index in [4.69, 9.17) is 9.47 Å². The fraction of sp³-hybridized carbons (Fsp3) is 0.632. The Morgan fingerprint density at radius 3 is 2.44 bits per heavy atom. The molecule has 1 aliphatic rings. The van der Waals surface area contributed by atoms with Crippen molar-refractivity contribution in [1.29, 1.82) is 0 Å². The maximum Gasteiger partial charge on any atom is 0.410 e. The maximum absolute atomic E-state index is 11.9. The topological polar surface area (TPSA) is 55.8 Å². The van der Waals surface area contributed by atoms with E-state index in [-0.39, 0.29) is 12.2 Å². The zero-order valence-corrected chi connectivity index (χ0v) is 16.2. The quantitative estimate of drug-likeness (QED) is 0.687. The summed E-state index contributed by atoms with van der Waals surface area (Å²) in [4.78, 5) is 14.5. The van der Waals surface area contributed by atoms with Crippen molar-refractivity contribution in [1.82, 2.24) is 4.90 Å². The third-order valence-electron chi connectivity index (χ3n) is 4.39. The van der Waals surface area contributed by atoms with Crippen LogP contribution in [0.5, 0.6) is 5.75 Å². The Balaban J connectivity index is 1.61. The van der Waals surface area contributed by atoms with Gasteiger partial charge < -0.3 is 14.4 Å². The Bertz CT molecular complexity index is 565. The molecule has 0 bridgehead atoms. The van der Waals surface area contributed by atoms with Gasteiger partial charge in [-0.15, -0.1) is 0 Å². The first-order chi connectivity index (χ1) is 12.0. The first-order valence-electron chi connectivity index (χ1n) is 8.97. The van der Waals surface area contributed by atoms with Crippen LogP contribution in [0.2, 0.25) is 0 Å². The molecule has 1 saturated heterocycles. The fourth-order valence-corrected chi connectivity index (χ4v) is 3.49. The first kappa shape index (κ1) is 19.8. The predicted octanol–water partition coefficient (Wildman–Crippen LogP) is 3.84. The number of carbonyl (C=O) groups excluding carboxylic acids is 1. The van der Waals surface area contributed by atoms with Gasteiger partial charge in [-0.25, -0.2) is 4.79 Å². The molecule has 2 rings (SSSR count). The molecule has 1 fully saturated rings. The molecule has 1 amide bonds. The number of hydrogen-bond donors (Lipinski definition) is 0. The van der Waals surface area contributed by atoms with Crippen molar-refractivity contribution in [2.24, 2.45) is 5.92 Å². The molecule has 0 saturated carbocycles. The standard InChI is InChI=1S/C19H29NO4S/c1-15(2)24-19(21)20-12-10-16(11-13-20)5-4-14-23-17-6-8-18(9-7-17)25(3)22/h6-9,15-16H,4-5,10-14H2,1-3H3. The normalized spacial score (nSPS) is 16.7. The molecule has 1 heterocycles. The van der Waals surface area contributed by atoms with Crippen LogP contribution in [0.15, 0.2) is 29.2 Å². The number of carbonyl (C=O) groups is 1. The van der Waals surface area contributed by atoms with E-state index in [2.05, 4.69) is 0 Å². The Morgan fingerprint density at radius 1 is 1.24 bits per heavy atom. The molecule has 0 aromatic heterocycles. The minimum atomic E-state index is -0.950. The second-order valence-electron chi connectivity index (χ2n) is 6.78. The molecule has 0 aliphatic carbocycles. The Hall–Kier alpha value is -1.56. The predicted molar refractivity (Wildman–Crippen MR) is 99.4 cm³/mol. The average Bonchev–Trinajstić information content (AvgIpc) is 2.59. The van der Waals surface area contributed by atoms with Crippen LogP contribution in [0.3, 0.4) is 0 Å². The summed E-state index contributed by atoms with van der Waals surface area (Å²) >= 11 is 0. The van der Waals surface area contributed by atoms with E-state index in [1.54, 1.807) is 6.26 Å². The van der Waals surface area contributed by atoms with Gasteiger partial charge in [0.1, 0.15) is 5.75 Å². The molecule has 140 valence electrons. The van der Waals surface area contributed by atoms with Crippen LogP contribution in [-0.4, -0.2) is 47.3 Å². The highest BCUT2D eigenvalue weighted by molar-refractivity contribution is 7.84. The number of piperidine rings is 1. The molecule has 1 aromatic carbocycles. The minimum Gasteiger partial charge on any atom is -0.494 e. The number of rotatable bonds is 7. The van der Waals surface area contributed by atoms with E-state index in [1.165, 1.54) is 0 Å². The van der Waals surface area contributed by atoms with Crippen molar-refractivity contribution < 1.29 is 18.5 Å². The van der Waals surface area contributed by atoms with E-state index in [1.807, 2.05) is 43.0 Å². The molecule has 0 N–H and O–H groups in total. The third kappa shape index (κ3) is 6.69. The number of nitrogens with zero attached hydrogens (tertiary/aromatic N) is 1. The summed E-state index contributed by atoms with van der Waals surface area (Å²) in [6.45, 7) is 6.00. The van der Waals surface area contributed by atoms with Gasteiger partial charge in [0, 0.05) is 35.0 Å². The lowest BCUT2D eigenvalue weighted by Gasteiger charge is -2.31. The molecule has 1 unspecified atom stereocenters. The highest BCUT2D eigenvalue weighted by Crippen LogP contribution is 2.23. The van der Waals surface area contributed by atoms with E-state index < -0.39 is 10.8 Å². The van der Waals surface area contributed by atoms with Crippen LogP contribution in [0.4, 0.5) is 4.79 Å². The largest absolute Gasteiger partial charge is 0.494 e. The van der Waals surface area contributed by atoms with E-state index >= 15 is 0 Å². The molecule has 25 heavy (non-hydrogen) atoms. The number of amides is 1. The molecule has 6 heteroatoms. The summed E-state index contributed by atoms with van der Waals surface area (Å²) in [5.41, 5.74) is 0. The number of hydrogen-bond acceptors (Lipinski definition) is 4. The Morgan fingerprint density at radius 2 is 1.88 bits per heavy atom. The Kier molecular flexibility index (Phi) is 7.75. The lowest BCUT2D eigenvalue weighted by atomic mass is 9.92. The van der Waals surface area contributed by atoms with Crippen LogP contribution < -0.4 is 4.74 Å². The summed E-state index contributed by atoms with van der Waals surface area (Å²) in [7, 11) is -0.950. The Labute approximate surface area is 153 Å². The number of benzene rings is 1. The van der Waals surface area contributed by atoms with Crippen LogP contribution in [0.1, 0.15) is 39.5 Å². The summed E-state index contributed by atoms with van der Waals surface area (Å²) < 4.78 is 22.3. The fourth-order valence-electron chi connectivity index (χ4n) is 2.97. The van der Waals surface area contributed by atoms with E-state index in [0.29, 0.717) is 12.5 Å². The highest BCUT2D eigenvalue weighted by atomic mass is 32.2. The molecule has 1 aromatic rings. The van der Waals surface area contributed by atoms with Gasteiger partial charge in [0.15, 0.2) is 0 Å². The van der Waals surface area contributed by atoms with Crippen molar-refractivity contribution in [3.8, 4) is 5.75 Å². The lowest BCUT2D eigenvalue weighted by Crippen LogP contribution is -2.39.